The van der Waals surface area contributed by atoms with Crippen molar-refractivity contribution in [2.24, 2.45) is 0 Å². The Morgan fingerprint density at radius 2 is 2.06 bits per heavy atom. The first kappa shape index (κ1) is 14.0. The Hall–Kier alpha value is -1.04. The third kappa shape index (κ3) is 4.38. The first-order chi connectivity index (χ1) is 7.82. The molecule has 1 heterocycles. The standard InChI is InChI=1S/C10H12ClF3N2O/c1-3-4-6(2)17-8-5-7(11)15-9(16-8)10(12,13)14/h5-6H,3-4H2,1-2H3. The minimum absolute atomic E-state index is 0.154. The second kappa shape index (κ2) is 5.53. The third-order valence-electron chi connectivity index (χ3n) is 1.94. The quantitative estimate of drug-likeness (QED) is 0.781. The minimum atomic E-state index is -4.63. The number of alkyl halides is 3. The van der Waals surface area contributed by atoms with Crippen LogP contribution in [0.4, 0.5) is 13.2 Å². The van der Waals surface area contributed by atoms with Crippen molar-refractivity contribution < 1.29 is 17.9 Å². The van der Waals surface area contributed by atoms with Gasteiger partial charge in [-0.15, -0.1) is 0 Å². The molecule has 0 spiro atoms. The Kier molecular flexibility index (Phi) is 4.56. The molecule has 0 aromatic carbocycles. The molecule has 17 heavy (non-hydrogen) atoms. The molecule has 0 saturated carbocycles. The number of ether oxygens (including phenoxy) is 1. The lowest BCUT2D eigenvalue weighted by atomic mass is 10.2. The summed E-state index contributed by atoms with van der Waals surface area (Å²) in [5.41, 5.74) is 0. The second-order valence-corrected chi connectivity index (χ2v) is 3.95. The number of halogens is 4. The molecule has 0 bridgehead atoms. The number of aromatic nitrogens is 2. The molecule has 96 valence electrons. The zero-order chi connectivity index (χ0) is 13.1. The normalized spacial score (nSPS) is 13.5. The lowest BCUT2D eigenvalue weighted by Gasteiger charge is -2.14. The molecule has 0 radical (unpaired) electrons. The molecular weight excluding hydrogens is 257 g/mol. The third-order valence-corrected chi connectivity index (χ3v) is 2.14. The van der Waals surface area contributed by atoms with Crippen LogP contribution in [0.3, 0.4) is 0 Å². The zero-order valence-corrected chi connectivity index (χ0v) is 10.1. The van der Waals surface area contributed by atoms with Crippen molar-refractivity contribution >= 4 is 11.6 Å². The average molecular weight is 269 g/mol. The van der Waals surface area contributed by atoms with Crippen molar-refractivity contribution in [1.29, 1.82) is 0 Å². The fourth-order valence-corrected chi connectivity index (χ4v) is 1.43. The number of hydrogen-bond acceptors (Lipinski definition) is 3. The lowest BCUT2D eigenvalue weighted by Crippen LogP contribution is -2.16. The topological polar surface area (TPSA) is 35.0 Å². The molecule has 0 N–H and O–H groups in total. The van der Waals surface area contributed by atoms with Gasteiger partial charge in [-0.05, 0) is 13.3 Å². The van der Waals surface area contributed by atoms with Crippen LogP contribution in [0.1, 0.15) is 32.5 Å². The summed E-state index contributed by atoms with van der Waals surface area (Å²) in [4.78, 5) is 6.39. The van der Waals surface area contributed by atoms with Gasteiger partial charge >= 0.3 is 6.18 Å². The first-order valence-electron chi connectivity index (χ1n) is 5.11. The molecule has 1 aromatic heterocycles. The molecule has 0 aliphatic rings. The Morgan fingerprint density at radius 3 is 2.59 bits per heavy atom. The Labute approximate surface area is 102 Å². The van der Waals surface area contributed by atoms with Crippen LogP contribution in [-0.2, 0) is 6.18 Å². The summed E-state index contributed by atoms with van der Waals surface area (Å²) in [6, 6.07) is 1.17. The van der Waals surface area contributed by atoms with Gasteiger partial charge in [-0.25, -0.2) is 4.98 Å². The molecule has 1 aromatic rings. The number of rotatable bonds is 4. The van der Waals surface area contributed by atoms with E-state index in [2.05, 4.69) is 9.97 Å². The number of hydrogen-bond donors (Lipinski definition) is 0. The van der Waals surface area contributed by atoms with E-state index in [-0.39, 0.29) is 17.1 Å². The van der Waals surface area contributed by atoms with Gasteiger partial charge in [-0.2, -0.15) is 18.2 Å². The molecule has 0 saturated heterocycles. The van der Waals surface area contributed by atoms with E-state index in [9.17, 15) is 13.2 Å². The van der Waals surface area contributed by atoms with E-state index in [1.165, 1.54) is 6.07 Å². The van der Waals surface area contributed by atoms with Crippen LogP contribution >= 0.6 is 11.6 Å². The highest BCUT2D eigenvalue weighted by molar-refractivity contribution is 6.29. The molecule has 3 nitrogen and oxygen atoms in total. The van der Waals surface area contributed by atoms with Crippen LogP contribution in [0.2, 0.25) is 5.15 Å². The van der Waals surface area contributed by atoms with Gasteiger partial charge in [0.1, 0.15) is 5.15 Å². The van der Waals surface area contributed by atoms with E-state index < -0.39 is 12.0 Å². The fourth-order valence-electron chi connectivity index (χ4n) is 1.26. The van der Waals surface area contributed by atoms with E-state index in [4.69, 9.17) is 16.3 Å². The van der Waals surface area contributed by atoms with Crippen LogP contribution in [-0.4, -0.2) is 16.1 Å². The van der Waals surface area contributed by atoms with Crippen molar-refractivity contribution in [3.05, 3.63) is 17.0 Å². The highest BCUT2D eigenvalue weighted by Gasteiger charge is 2.35. The predicted octanol–water partition coefficient (Wildman–Crippen LogP) is 3.72. The Balaban J connectivity index is 2.90. The molecule has 0 aliphatic heterocycles. The molecule has 1 rings (SSSR count). The smallest absolute Gasteiger partial charge is 0.451 e. The molecule has 0 aliphatic carbocycles. The summed E-state index contributed by atoms with van der Waals surface area (Å²) >= 11 is 5.49. The van der Waals surface area contributed by atoms with Gasteiger partial charge in [0.25, 0.3) is 0 Å². The summed E-state index contributed by atoms with van der Waals surface area (Å²) < 4.78 is 42.4. The van der Waals surface area contributed by atoms with Crippen molar-refractivity contribution in [2.75, 3.05) is 0 Å². The van der Waals surface area contributed by atoms with Crippen molar-refractivity contribution in [1.82, 2.24) is 9.97 Å². The van der Waals surface area contributed by atoms with Gasteiger partial charge in [-0.1, -0.05) is 24.9 Å². The maximum absolute atomic E-state index is 12.4. The van der Waals surface area contributed by atoms with Crippen LogP contribution in [0.5, 0.6) is 5.88 Å². The monoisotopic (exact) mass is 268 g/mol. The maximum atomic E-state index is 12.4. The van der Waals surface area contributed by atoms with Gasteiger partial charge < -0.3 is 4.74 Å². The largest absolute Gasteiger partial charge is 0.475 e. The van der Waals surface area contributed by atoms with Crippen molar-refractivity contribution in [3.63, 3.8) is 0 Å². The zero-order valence-electron chi connectivity index (χ0n) is 9.38. The van der Waals surface area contributed by atoms with Gasteiger partial charge in [0.2, 0.25) is 11.7 Å². The Morgan fingerprint density at radius 1 is 1.41 bits per heavy atom. The molecule has 0 fully saturated rings. The summed E-state index contributed by atoms with van der Waals surface area (Å²) in [6.07, 6.45) is -3.25. The highest BCUT2D eigenvalue weighted by atomic mass is 35.5. The van der Waals surface area contributed by atoms with Crippen LogP contribution in [0.15, 0.2) is 6.07 Å². The van der Waals surface area contributed by atoms with Gasteiger partial charge in [0.05, 0.1) is 6.10 Å². The molecule has 1 atom stereocenters. The predicted molar refractivity (Wildman–Crippen MR) is 57.0 cm³/mol. The average Bonchev–Trinajstić information content (AvgIpc) is 2.15. The SMILES string of the molecule is CCCC(C)Oc1cc(Cl)nc(C(F)(F)F)n1. The minimum Gasteiger partial charge on any atom is -0.475 e. The van der Waals surface area contributed by atoms with Crippen LogP contribution in [0.25, 0.3) is 0 Å². The molecule has 7 heteroatoms. The molecular formula is C10H12ClF3N2O. The van der Waals surface area contributed by atoms with Gasteiger partial charge in [0.15, 0.2) is 0 Å². The van der Waals surface area contributed by atoms with E-state index in [1.54, 1.807) is 6.92 Å². The second-order valence-electron chi connectivity index (χ2n) is 3.57. The summed E-state index contributed by atoms with van der Waals surface area (Å²) in [5.74, 6) is -1.44. The van der Waals surface area contributed by atoms with E-state index in [1.807, 2.05) is 6.92 Å². The van der Waals surface area contributed by atoms with Crippen molar-refractivity contribution in [3.8, 4) is 5.88 Å². The fraction of sp³-hybridized carbons (Fsp3) is 0.600. The molecule has 1 unspecified atom stereocenters. The summed E-state index contributed by atoms with van der Waals surface area (Å²) in [7, 11) is 0. The van der Waals surface area contributed by atoms with Gasteiger partial charge in [-0.3, -0.25) is 0 Å². The van der Waals surface area contributed by atoms with Gasteiger partial charge in [0, 0.05) is 6.07 Å². The van der Waals surface area contributed by atoms with Crippen LogP contribution in [0, 0.1) is 0 Å². The van der Waals surface area contributed by atoms with E-state index in [0.717, 1.165) is 12.8 Å². The van der Waals surface area contributed by atoms with Crippen LogP contribution < -0.4 is 4.74 Å². The summed E-state index contributed by atoms with van der Waals surface area (Å²) in [5, 5.41) is -0.286. The lowest BCUT2D eigenvalue weighted by molar-refractivity contribution is -0.145. The van der Waals surface area contributed by atoms with E-state index >= 15 is 0 Å². The number of nitrogens with zero attached hydrogens (tertiary/aromatic N) is 2. The maximum Gasteiger partial charge on any atom is 0.451 e. The summed E-state index contributed by atoms with van der Waals surface area (Å²) in [6.45, 7) is 3.71. The first-order valence-corrected chi connectivity index (χ1v) is 5.49. The Bertz CT molecular complexity index is 384. The highest BCUT2D eigenvalue weighted by Crippen LogP contribution is 2.29. The van der Waals surface area contributed by atoms with Crippen molar-refractivity contribution in [2.45, 2.75) is 39.0 Å². The van der Waals surface area contributed by atoms with E-state index in [0.29, 0.717) is 0 Å². The molecule has 0 amide bonds.